The number of thiophene rings is 1. The number of aromatic nitrogens is 2. The topological polar surface area (TPSA) is 80.0 Å². The van der Waals surface area contributed by atoms with Crippen molar-refractivity contribution in [1.82, 2.24) is 20.8 Å². The van der Waals surface area contributed by atoms with Crippen LogP contribution in [0.25, 0.3) is 10.7 Å². The van der Waals surface area contributed by atoms with Crippen LogP contribution < -0.4 is 10.6 Å². The molecule has 0 saturated carbocycles. The zero-order valence-electron chi connectivity index (χ0n) is 12.0. The van der Waals surface area contributed by atoms with Crippen molar-refractivity contribution >= 4 is 33.2 Å². The van der Waals surface area contributed by atoms with Gasteiger partial charge in [0.1, 0.15) is 0 Å². The van der Waals surface area contributed by atoms with E-state index in [9.17, 15) is 4.79 Å². The fourth-order valence-electron chi connectivity index (χ4n) is 2.36. The van der Waals surface area contributed by atoms with Gasteiger partial charge in [-0.15, -0.1) is 11.3 Å². The number of aryl methyl sites for hydroxylation is 1. The second-order valence-electron chi connectivity index (χ2n) is 5.24. The minimum absolute atomic E-state index is 0.0207. The Kier molecular flexibility index (Phi) is 5.22. The van der Waals surface area contributed by atoms with Crippen LogP contribution in [0.4, 0.5) is 0 Å². The molecule has 0 bridgehead atoms. The fourth-order valence-corrected chi connectivity index (χ4v) is 3.72. The summed E-state index contributed by atoms with van der Waals surface area (Å²) in [4.78, 5) is 17.1. The molecule has 1 aliphatic rings. The number of hydrogen-bond donors (Lipinski definition) is 2. The molecule has 1 fully saturated rings. The lowest BCUT2D eigenvalue weighted by atomic mass is 10.2. The summed E-state index contributed by atoms with van der Waals surface area (Å²) in [7, 11) is 0. The Morgan fingerprint density at radius 2 is 2.50 bits per heavy atom. The molecule has 118 valence electrons. The lowest BCUT2D eigenvalue weighted by Gasteiger charge is -2.10. The van der Waals surface area contributed by atoms with Crippen molar-refractivity contribution in [2.45, 2.75) is 31.7 Å². The van der Waals surface area contributed by atoms with Gasteiger partial charge in [0.05, 0.1) is 4.88 Å². The van der Waals surface area contributed by atoms with Crippen molar-refractivity contribution in [3.05, 3.63) is 21.8 Å². The van der Waals surface area contributed by atoms with Crippen molar-refractivity contribution in [2.24, 2.45) is 0 Å². The number of nitrogens with zero attached hydrogens (tertiary/aromatic N) is 2. The summed E-state index contributed by atoms with van der Waals surface area (Å²) in [5.41, 5.74) is 0. The smallest absolute Gasteiger partial charge is 0.227 e. The molecule has 0 aromatic carbocycles. The second-order valence-corrected chi connectivity index (χ2v) is 7.07. The van der Waals surface area contributed by atoms with E-state index in [0.717, 1.165) is 22.3 Å². The number of halogens is 1. The van der Waals surface area contributed by atoms with Crippen LogP contribution in [0.1, 0.15) is 25.2 Å². The summed E-state index contributed by atoms with van der Waals surface area (Å²) in [6.45, 7) is 1.74. The molecule has 3 rings (SSSR count). The van der Waals surface area contributed by atoms with Crippen molar-refractivity contribution in [3.8, 4) is 10.7 Å². The summed E-state index contributed by atoms with van der Waals surface area (Å²) in [5, 5.41) is 12.2. The predicted molar refractivity (Wildman–Crippen MR) is 87.7 cm³/mol. The molecule has 6 nitrogen and oxygen atoms in total. The van der Waals surface area contributed by atoms with Crippen LogP contribution in [-0.2, 0) is 11.2 Å². The van der Waals surface area contributed by atoms with Crippen LogP contribution in [-0.4, -0.2) is 35.2 Å². The molecule has 1 atom stereocenters. The molecule has 1 amide bonds. The molecule has 22 heavy (non-hydrogen) atoms. The van der Waals surface area contributed by atoms with Crippen molar-refractivity contribution in [1.29, 1.82) is 0 Å². The van der Waals surface area contributed by atoms with Crippen molar-refractivity contribution in [2.75, 3.05) is 13.1 Å². The quantitative estimate of drug-likeness (QED) is 0.798. The van der Waals surface area contributed by atoms with Gasteiger partial charge in [0.2, 0.25) is 17.6 Å². The Morgan fingerprint density at radius 3 is 3.23 bits per heavy atom. The van der Waals surface area contributed by atoms with E-state index in [0.29, 0.717) is 37.1 Å². The SMILES string of the molecule is O=C(CCc1nc(-c2cc(Br)cs2)no1)NCC1CCCN1. The van der Waals surface area contributed by atoms with Crippen molar-refractivity contribution < 1.29 is 9.32 Å². The third-order valence-electron chi connectivity index (χ3n) is 3.53. The molecule has 2 aromatic rings. The van der Waals surface area contributed by atoms with E-state index in [1.165, 1.54) is 6.42 Å². The maximum Gasteiger partial charge on any atom is 0.227 e. The zero-order chi connectivity index (χ0) is 15.4. The molecular formula is C14H17BrN4O2S. The Morgan fingerprint density at radius 1 is 1.59 bits per heavy atom. The van der Waals surface area contributed by atoms with Gasteiger partial charge in [0.25, 0.3) is 0 Å². The Labute approximate surface area is 140 Å². The third-order valence-corrected chi connectivity index (χ3v) is 5.22. The van der Waals surface area contributed by atoms with E-state index >= 15 is 0 Å². The lowest BCUT2D eigenvalue weighted by molar-refractivity contribution is -0.121. The van der Waals surface area contributed by atoms with Gasteiger partial charge in [-0.25, -0.2) is 0 Å². The highest BCUT2D eigenvalue weighted by Crippen LogP contribution is 2.27. The second kappa shape index (κ2) is 7.34. The third kappa shape index (κ3) is 4.15. The monoisotopic (exact) mass is 384 g/mol. The van der Waals surface area contributed by atoms with Crippen LogP contribution in [0.5, 0.6) is 0 Å². The van der Waals surface area contributed by atoms with Gasteiger partial charge in [-0.05, 0) is 41.4 Å². The first-order chi connectivity index (χ1) is 10.7. The zero-order valence-corrected chi connectivity index (χ0v) is 14.4. The summed E-state index contributed by atoms with van der Waals surface area (Å²) in [5.74, 6) is 1.09. The first-order valence-corrected chi connectivity index (χ1v) is 8.95. The minimum Gasteiger partial charge on any atom is -0.355 e. The van der Waals surface area contributed by atoms with Crippen LogP contribution in [0.15, 0.2) is 20.4 Å². The molecular weight excluding hydrogens is 368 g/mol. The molecule has 0 radical (unpaired) electrons. The molecule has 0 aliphatic carbocycles. The number of carbonyl (C=O) groups excluding carboxylic acids is 1. The van der Waals surface area contributed by atoms with Crippen LogP contribution >= 0.6 is 27.3 Å². The number of carbonyl (C=O) groups is 1. The van der Waals surface area contributed by atoms with E-state index in [4.69, 9.17) is 4.52 Å². The molecule has 1 unspecified atom stereocenters. The number of rotatable bonds is 6. The fraction of sp³-hybridized carbons (Fsp3) is 0.500. The number of hydrogen-bond acceptors (Lipinski definition) is 6. The van der Waals surface area contributed by atoms with E-state index in [1.807, 2.05) is 11.4 Å². The standard InChI is InChI=1S/C14H17BrN4O2S/c15-9-6-11(22-8-9)14-18-13(21-19-14)4-3-12(20)17-7-10-2-1-5-16-10/h6,8,10,16H,1-5,7H2,(H,17,20). The van der Waals surface area contributed by atoms with E-state index in [-0.39, 0.29) is 5.91 Å². The average molecular weight is 385 g/mol. The van der Waals surface area contributed by atoms with Gasteiger partial charge in [-0.3, -0.25) is 4.79 Å². The minimum atomic E-state index is 0.0207. The van der Waals surface area contributed by atoms with Gasteiger partial charge >= 0.3 is 0 Å². The molecule has 2 aromatic heterocycles. The normalized spacial score (nSPS) is 17.8. The highest BCUT2D eigenvalue weighted by molar-refractivity contribution is 9.10. The highest BCUT2D eigenvalue weighted by Gasteiger charge is 2.15. The molecule has 3 heterocycles. The molecule has 2 N–H and O–H groups in total. The van der Waals surface area contributed by atoms with E-state index < -0.39 is 0 Å². The van der Waals surface area contributed by atoms with Crippen LogP contribution in [0.2, 0.25) is 0 Å². The van der Waals surface area contributed by atoms with E-state index in [2.05, 4.69) is 36.7 Å². The van der Waals surface area contributed by atoms with Gasteiger partial charge in [-0.2, -0.15) is 4.98 Å². The molecule has 1 saturated heterocycles. The highest BCUT2D eigenvalue weighted by atomic mass is 79.9. The van der Waals surface area contributed by atoms with Crippen LogP contribution in [0.3, 0.4) is 0 Å². The van der Waals surface area contributed by atoms with Gasteiger partial charge in [-0.1, -0.05) is 5.16 Å². The van der Waals surface area contributed by atoms with Gasteiger partial charge in [0.15, 0.2) is 0 Å². The van der Waals surface area contributed by atoms with Crippen molar-refractivity contribution in [3.63, 3.8) is 0 Å². The summed E-state index contributed by atoms with van der Waals surface area (Å²) >= 11 is 4.94. The maximum absolute atomic E-state index is 11.8. The lowest BCUT2D eigenvalue weighted by Crippen LogP contribution is -2.37. The van der Waals surface area contributed by atoms with Gasteiger partial charge in [0, 0.05) is 35.3 Å². The Balaban J connectivity index is 1.45. The molecule has 8 heteroatoms. The first kappa shape index (κ1) is 15.6. The van der Waals surface area contributed by atoms with E-state index in [1.54, 1.807) is 11.3 Å². The first-order valence-electron chi connectivity index (χ1n) is 7.28. The summed E-state index contributed by atoms with van der Waals surface area (Å²) in [6.07, 6.45) is 3.14. The molecule has 1 aliphatic heterocycles. The Hall–Kier alpha value is -1.25. The molecule has 0 spiro atoms. The summed E-state index contributed by atoms with van der Waals surface area (Å²) in [6, 6.07) is 2.36. The summed E-state index contributed by atoms with van der Waals surface area (Å²) < 4.78 is 6.19. The predicted octanol–water partition coefficient (Wildman–Crippen LogP) is 2.36. The average Bonchev–Trinajstić information content (AvgIpc) is 3.24. The largest absolute Gasteiger partial charge is 0.355 e. The number of amides is 1. The maximum atomic E-state index is 11.8. The Bertz CT molecular complexity index is 636. The number of nitrogens with one attached hydrogen (secondary N) is 2. The van der Waals surface area contributed by atoms with Crippen LogP contribution in [0, 0.1) is 0 Å². The van der Waals surface area contributed by atoms with Gasteiger partial charge < -0.3 is 15.2 Å².